The van der Waals surface area contributed by atoms with Crippen molar-refractivity contribution in [3.05, 3.63) is 27.5 Å². The predicted molar refractivity (Wildman–Crippen MR) is 60.6 cm³/mol. The van der Waals surface area contributed by atoms with E-state index in [1.165, 1.54) is 6.07 Å². The van der Waals surface area contributed by atoms with Gasteiger partial charge in [0.1, 0.15) is 0 Å². The fourth-order valence-electron chi connectivity index (χ4n) is 1.61. The first-order valence-electron chi connectivity index (χ1n) is 4.60. The second-order valence-corrected chi connectivity index (χ2v) is 5.09. The average Bonchev–Trinajstić information content (AvgIpc) is 2.15. The third-order valence-corrected chi connectivity index (χ3v) is 3.35. The highest BCUT2D eigenvalue weighted by Gasteiger charge is 2.28. The van der Waals surface area contributed by atoms with E-state index in [2.05, 4.69) is 15.9 Å². The Kier molecular flexibility index (Phi) is 3.41. The van der Waals surface area contributed by atoms with Crippen LogP contribution in [0.4, 0.5) is 4.39 Å². The number of rotatable bonds is 2. The summed E-state index contributed by atoms with van der Waals surface area (Å²) in [4.78, 5) is 0. The molecule has 1 aromatic carbocycles. The molecule has 0 aromatic heterocycles. The van der Waals surface area contributed by atoms with Gasteiger partial charge in [0, 0.05) is 15.5 Å². The van der Waals surface area contributed by atoms with E-state index in [1.54, 1.807) is 20.8 Å². The molecule has 15 heavy (non-hydrogen) atoms. The average molecular weight is 277 g/mol. The van der Waals surface area contributed by atoms with Crippen LogP contribution in [0.15, 0.2) is 10.5 Å². The van der Waals surface area contributed by atoms with E-state index in [4.69, 9.17) is 0 Å². The zero-order valence-electron chi connectivity index (χ0n) is 8.93. The number of hydrogen-bond acceptors (Lipinski definition) is 2. The third-order valence-electron chi connectivity index (χ3n) is 2.52. The quantitative estimate of drug-likeness (QED) is 0.872. The van der Waals surface area contributed by atoms with Gasteiger partial charge in [-0.15, -0.1) is 0 Å². The number of aromatic hydroxyl groups is 1. The largest absolute Gasteiger partial charge is 0.505 e. The Labute approximate surface area is 96.9 Å². The maximum atomic E-state index is 13.3. The van der Waals surface area contributed by atoms with Gasteiger partial charge in [0.25, 0.3) is 0 Å². The van der Waals surface area contributed by atoms with Crippen molar-refractivity contribution in [3.8, 4) is 5.75 Å². The molecule has 0 aliphatic heterocycles. The van der Waals surface area contributed by atoms with Crippen molar-refractivity contribution < 1.29 is 14.6 Å². The summed E-state index contributed by atoms with van der Waals surface area (Å²) >= 11 is 3.22. The van der Waals surface area contributed by atoms with Crippen LogP contribution in [0.2, 0.25) is 0 Å². The van der Waals surface area contributed by atoms with Gasteiger partial charge < -0.3 is 10.2 Å². The lowest BCUT2D eigenvalue weighted by atomic mass is 9.82. The first-order chi connectivity index (χ1) is 6.81. The lowest BCUT2D eigenvalue weighted by molar-refractivity contribution is 0.213. The van der Waals surface area contributed by atoms with Crippen LogP contribution >= 0.6 is 15.9 Å². The molecule has 1 aromatic rings. The number of phenols is 1. The minimum absolute atomic E-state index is 0.155. The summed E-state index contributed by atoms with van der Waals surface area (Å²) in [7, 11) is 0. The molecule has 0 heterocycles. The second kappa shape index (κ2) is 4.10. The van der Waals surface area contributed by atoms with Gasteiger partial charge in [0.2, 0.25) is 0 Å². The number of benzene rings is 1. The van der Waals surface area contributed by atoms with E-state index < -0.39 is 11.2 Å². The Balaban J connectivity index is 3.53. The normalized spacial score (nSPS) is 11.9. The molecule has 2 N–H and O–H groups in total. The topological polar surface area (TPSA) is 40.5 Å². The Bertz CT molecular complexity index is 362. The Morgan fingerprint density at radius 3 is 2.47 bits per heavy atom. The molecular weight excluding hydrogens is 263 g/mol. The van der Waals surface area contributed by atoms with E-state index in [0.717, 1.165) is 5.56 Å². The van der Waals surface area contributed by atoms with E-state index in [1.807, 2.05) is 0 Å². The maximum Gasteiger partial charge on any atom is 0.166 e. The van der Waals surface area contributed by atoms with Crippen LogP contribution in [0.5, 0.6) is 5.75 Å². The highest BCUT2D eigenvalue weighted by Crippen LogP contribution is 2.38. The highest BCUT2D eigenvalue weighted by atomic mass is 79.9. The van der Waals surface area contributed by atoms with Crippen LogP contribution in [-0.4, -0.2) is 16.8 Å². The molecule has 0 fully saturated rings. The van der Waals surface area contributed by atoms with Gasteiger partial charge in [0.15, 0.2) is 11.6 Å². The second-order valence-electron chi connectivity index (χ2n) is 4.23. The van der Waals surface area contributed by atoms with Crippen molar-refractivity contribution in [2.75, 3.05) is 6.61 Å². The molecule has 0 atom stereocenters. The fourth-order valence-corrected chi connectivity index (χ4v) is 2.01. The van der Waals surface area contributed by atoms with Crippen molar-refractivity contribution in [2.24, 2.45) is 0 Å². The predicted octanol–water partition coefficient (Wildman–Crippen LogP) is 2.87. The van der Waals surface area contributed by atoms with Crippen LogP contribution in [0, 0.1) is 12.7 Å². The van der Waals surface area contributed by atoms with Gasteiger partial charge in [-0.25, -0.2) is 4.39 Å². The first kappa shape index (κ1) is 12.5. The van der Waals surface area contributed by atoms with Gasteiger partial charge >= 0.3 is 0 Å². The lowest BCUT2D eigenvalue weighted by Gasteiger charge is -2.26. The molecule has 2 nitrogen and oxygen atoms in total. The molecule has 0 unspecified atom stereocenters. The number of aliphatic hydroxyl groups excluding tert-OH is 1. The van der Waals surface area contributed by atoms with Crippen molar-refractivity contribution in [1.82, 2.24) is 0 Å². The zero-order chi connectivity index (χ0) is 11.8. The van der Waals surface area contributed by atoms with Crippen LogP contribution in [0.3, 0.4) is 0 Å². The molecule has 0 saturated heterocycles. The summed E-state index contributed by atoms with van der Waals surface area (Å²) in [5, 5.41) is 18.9. The minimum atomic E-state index is -0.677. The van der Waals surface area contributed by atoms with Crippen molar-refractivity contribution >= 4 is 15.9 Å². The maximum absolute atomic E-state index is 13.3. The van der Waals surface area contributed by atoms with Gasteiger partial charge in [-0.2, -0.15) is 0 Å². The molecule has 0 bridgehead atoms. The Morgan fingerprint density at radius 1 is 1.47 bits per heavy atom. The minimum Gasteiger partial charge on any atom is -0.505 e. The van der Waals surface area contributed by atoms with Crippen LogP contribution < -0.4 is 0 Å². The van der Waals surface area contributed by atoms with Crippen molar-refractivity contribution in [2.45, 2.75) is 26.2 Å². The number of halogens is 2. The van der Waals surface area contributed by atoms with E-state index >= 15 is 0 Å². The molecule has 0 aliphatic rings. The van der Waals surface area contributed by atoms with Crippen LogP contribution in [0.1, 0.15) is 25.0 Å². The van der Waals surface area contributed by atoms with Crippen molar-refractivity contribution in [3.63, 3.8) is 0 Å². The SMILES string of the molecule is Cc1c(Br)cc(F)c(O)c1C(C)(C)CO. The molecule has 1 rings (SSSR count). The summed E-state index contributed by atoms with van der Waals surface area (Å²) in [6.07, 6.45) is 0. The lowest BCUT2D eigenvalue weighted by Crippen LogP contribution is -2.24. The van der Waals surface area contributed by atoms with Gasteiger partial charge in [0.05, 0.1) is 6.61 Å². The molecule has 0 radical (unpaired) electrons. The third kappa shape index (κ3) is 2.16. The fraction of sp³-hybridized carbons (Fsp3) is 0.455. The monoisotopic (exact) mass is 276 g/mol. The molecule has 4 heteroatoms. The number of hydrogen-bond donors (Lipinski definition) is 2. The van der Waals surface area contributed by atoms with Gasteiger partial charge in [-0.1, -0.05) is 29.8 Å². The molecule has 0 spiro atoms. The van der Waals surface area contributed by atoms with Crippen LogP contribution in [0.25, 0.3) is 0 Å². The molecular formula is C11H14BrFO2. The molecule has 0 amide bonds. The summed E-state index contributed by atoms with van der Waals surface area (Å²) in [6, 6.07) is 1.22. The number of phenolic OH excluding ortho intramolecular Hbond substituents is 1. The van der Waals surface area contributed by atoms with Crippen LogP contribution in [-0.2, 0) is 5.41 Å². The Morgan fingerprint density at radius 2 is 2.00 bits per heavy atom. The molecule has 0 saturated carbocycles. The number of aliphatic hydroxyl groups is 1. The van der Waals surface area contributed by atoms with Gasteiger partial charge in [-0.3, -0.25) is 0 Å². The van der Waals surface area contributed by atoms with E-state index in [0.29, 0.717) is 10.0 Å². The molecule has 84 valence electrons. The summed E-state index contributed by atoms with van der Waals surface area (Å²) in [5.74, 6) is -1.06. The standard InChI is InChI=1S/C11H14BrFO2/c1-6-7(12)4-8(13)10(15)9(6)11(2,3)5-14/h4,14-15H,5H2,1-3H3. The highest BCUT2D eigenvalue weighted by molar-refractivity contribution is 9.10. The first-order valence-corrected chi connectivity index (χ1v) is 5.39. The summed E-state index contributed by atoms with van der Waals surface area (Å²) in [6.45, 7) is 5.12. The molecule has 0 aliphatic carbocycles. The summed E-state index contributed by atoms with van der Waals surface area (Å²) in [5.41, 5.74) is 0.517. The Hall–Kier alpha value is -0.610. The van der Waals surface area contributed by atoms with E-state index in [9.17, 15) is 14.6 Å². The van der Waals surface area contributed by atoms with E-state index in [-0.39, 0.29) is 12.4 Å². The van der Waals surface area contributed by atoms with Gasteiger partial charge in [-0.05, 0) is 18.6 Å². The van der Waals surface area contributed by atoms with Crippen molar-refractivity contribution in [1.29, 1.82) is 0 Å². The zero-order valence-corrected chi connectivity index (χ0v) is 10.5. The smallest absolute Gasteiger partial charge is 0.166 e. The summed E-state index contributed by atoms with van der Waals surface area (Å²) < 4.78 is 13.9.